The van der Waals surface area contributed by atoms with E-state index in [1.54, 1.807) is 48.5 Å². The number of anilines is 1. The van der Waals surface area contributed by atoms with E-state index in [2.05, 4.69) is 39.8 Å². The summed E-state index contributed by atoms with van der Waals surface area (Å²) in [5.41, 5.74) is 3.20. The monoisotopic (exact) mass is 706 g/mol. The topological polar surface area (TPSA) is 100 Å². The average molecular weight is 707 g/mol. The van der Waals surface area contributed by atoms with Gasteiger partial charge in [0, 0.05) is 31.9 Å². The molecule has 0 aliphatic carbocycles. The van der Waals surface area contributed by atoms with Crippen LogP contribution in [0.2, 0.25) is 0 Å². The Bertz CT molecular complexity index is 1930. The predicted molar refractivity (Wildman–Crippen MR) is 199 cm³/mol. The van der Waals surface area contributed by atoms with Crippen molar-refractivity contribution >= 4 is 38.9 Å². The van der Waals surface area contributed by atoms with Crippen LogP contribution >= 0.6 is 12.2 Å². The highest BCUT2D eigenvalue weighted by Gasteiger charge is 2.32. The number of hydrogen-bond acceptors (Lipinski definition) is 7. The van der Waals surface area contributed by atoms with Crippen LogP contribution in [0.1, 0.15) is 27.5 Å². The van der Waals surface area contributed by atoms with E-state index in [1.165, 1.54) is 15.4 Å². The van der Waals surface area contributed by atoms with Gasteiger partial charge in [-0.25, -0.2) is 8.42 Å². The molecule has 50 heavy (non-hydrogen) atoms. The minimum absolute atomic E-state index is 0.0393. The number of nitrogens with zero attached hydrogens (tertiary/aromatic N) is 2. The minimum Gasteiger partial charge on any atom is -0.490 e. The van der Waals surface area contributed by atoms with E-state index in [4.69, 9.17) is 21.7 Å². The summed E-state index contributed by atoms with van der Waals surface area (Å²) >= 11 is 5.39. The van der Waals surface area contributed by atoms with Crippen LogP contribution < -0.4 is 20.1 Å². The summed E-state index contributed by atoms with van der Waals surface area (Å²) in [6.07, 6.45) is 0. The molecule has 9 nitrogen and oxygen atoms in total. The van der Waals surface area contributed by atoms with Crippen molar-refractivity contribution < 1.29 is 22.7 Å². The van der Waals surface area contributed by atoms with Crippen molar-refractivity contribution in [2.24, 2.45) is 0 Å². The minimum atomic E-state index is -3.72. The number of ether oxygens (including phenoxy) is 2. The zero-order valence-corrected chi connectivity index (χ0v) is 29.0. The molecule has 5 aromatic rings. The molecule has 1 heterocycles. The first kappa shape index (κ1) is 34.8. The summed E-state index contributed by atoms with van der Waals surface area (Å²) in [7, 11) is -3.72. The lowest BCUT2D eigenvalue weighted by molar-refractivity contribution is 0.0972. The number of para-hydroxylation sites is 2. The van der Waals surface area contributed by atoms with Gasteiger partial charge in [-0.15, -0.1) is 0 Å². The number of hydrogen-bond donors (Lipinski definition) is 2. The first-order valence-electron chi connectivity index (χ1n) is 16.3. The van der Waals surface area contributed by atoms with Crippen molar-refractivity contribution in [2.45, 2.75) is 10.9 Å². The molecule has 1 aliphatic rings. The quantitative estimate of drug-likeness (QED) is 0.114. The molecular formula is C39H38N4O5S2. The normalized spacial score (nSPS) is 13.8. The third kappa shape index (κ3) is 8.74. The third-order valence-corrected chi connectivity index (χ3v) is 10.4. The number of carbonyl (C=O) groups excluding carboxylic acids is 1. The fourth-order valence-corrected chi connectivity index (χ4v) is 7.52. The lowest BCUT2D eigenvalue weighted by atomic mass is 9.96. The summed E-state index contributed by atoms with van der Waals surface area (Å²) in [6.45, 7) is 2.49. The van der Waals surface area contributed by atoms with Gasteiger partial charge in [0.05, 0.1) is 16.5 Å². The van der Waals surface area contributed by atoms with Gasteiger partial charge in [0.15, 0.2) is 5.11 Å². The molecule has 5 aromatic carbocycles. The van der Waals surface area contributed by atoms with Crippen LogP contribution in [0.3, 0.4) is 0 Å². The number of thiocarbonyl (C=S) groups is 1. The first-order chi connectivity index (χ1) is 24.4. The van der Waals surface area contributed by atoms with Crippen LogP contribution in [-0.2, 0) is 10.0 Å². The van der Waals surface area contributed by atoms with E-state index in [0.717, 1.165) is 5.75 Å². The van der Waals surface area contributed by atoms with Crippen LogP contribution in [0.15, 0.2) is 144 Å². The fourth-order valence-electron chi connectivity index (χ4n) is 5.89. The maximum atomic E-state index is 13.6. The molecular weight excluding hydrogens is 669 g/mol. The van der Waals surface area contributed by atoms with Crippen LogP contribution in [0.25, 0.3) is 0 Å². The Morgan fingerprint density at radius 3 is 1.84 bits per heavy atom. The first-order valence-corrected chi connectivity index (χ1v) is 18.2. The van der Waals surface area contributed by atoms with Crippen LogP contribution in [0, 0.1) is 0 Å². The molecule has 0 atom stereocenters. The molecule has 0 radical (unpaired) electrons. The van der Waals surface area contributed by atoms with Gasteiger partial charge in [-0.3, -0.25) is 15.0 Å². The van der Waals surface area contributed by atoms with E-state index < -0.39 is 15.9 Å². The molecule has 1 saturated heterocycles. The molecule has 0 saturated carbocycles. The van der Waals surface area contributed by atoms with Gasteiger partial charge in [-0.1, -0.05) is 91.0 Å². The lowest BCUT2D eigenvalue weighted by Crippen LogP contribution is -2.49. The Hall–Kier alpha value is -5.07. The van der Waals surface area contributed by atoms with E-state index >= 15 is 0 Å². The van der Waals surface area contributed by atoms with E-state index in [9.17, 15) is 13.2 Å². The Balaban J connectivity index is 1.02. The van der Waals surface area contributed by atoms with Gasteiger partial charge in [-0.05, 0) is 71.9 Å². The molecule has 11 heteroatoms. The van der Waals surface area contributed by atoms with E-state index in [1.807, 2.05) is 66.7 Å². The third-order valence-electron chi connectivity index (χ3n) is 8.33. The highest BCUT2D eigenvalue weighted by Crippen LogP contribution is 2.30. The maximum Gasteiger partial charge on any atom is 0.261 e. The molecule has 1 amide bonds. The van der Waals surface area contributed by atoms with Crippen molar-refractivity contribution in [3.63, 3.8) is 0 Å². The molecule has 0 spiro atoms. The summed E-state index contributed by atoms with van der Waals surface area (Å²) in [6, 6.07) is 43.3. The van der Waals surface area contributed by atoms with Crippen molar-refractivity contribution in [1.29, 1.82) is 0 Å². The highest BCUT2D eigenvalue weighted by atomic mass is 32.2. The van der Waals surface area contributed by atoms with Gasteiger partial charge in [0.1, 0.15) is 24.7 Å². The standard InChI is InChI=1S/C39H38N4O5S2/c44-38(35-18-10-11-19-36(35)48-29-28-47-33-16-8-3-9-17-33)41-39(49)40-32-20-22-34(23-21-32)50(45,46)43-26-24-42(25-27-43)37(30-12-4-1-5-13-30)31-14-6-2-7-15-31/h1-23,37H,24-29H2,(H2,40,41,44,49). The highest BCUT2D eigenvalue weighted by molar-refractivity contribution is 7.89. The lowest BCUT2D eigenvalue weighted by Gasteiger charge is -2.39. The molecule has 0 unspecified atom stereocenters. The molecule has 2 N–H and O–H groups in total. The van der Waals surface area contributed by atoms with Crippen LogP contribution in [0.4, 0.5) is 5.69 Å². The second-order valence-electron chi connectivity index (χ2n) is 11.6. The Morgan fingerprint density at radius 2 is 1.22 bits per heavy atom. The predicted octanol–water partition coefficient (Wildman–Crippen LogP) is 6.37. The summed E-state index contributed by atoms with van der Waals surface area (Å²) < 4.78 is 40.3. The summed E-state index contributed by atoms with van der Waals surface area (Å²) in [5, 5.41) is 5.70. The summed E-state index contributed by atoms with van der Waals surface area (Å²) in [4.78, 5) is 15.6. The van der Waals surface area contributed by atoms with Crippen LogP contribution in [0.5, 0.6) is 11.5 Å². The number of amides is 1. The molecule has 1 aliphatic heterocycles. The average Bonchev–Trinajstić information content (AvgIpc) is 3.15. The molecule has 1 fully saturated rings. The molecule has 256 valence electrons. The Kier molecular flexibility index (Phi) is 11.5. The van der Waals surface area contributed by atoms with Gasteiger partial charge in [0.25, 0.3) is 5.91 Å². The maximum absolute atomic E-state index is 13.6. The number of rotatable bonds is 12. The Labute approximate surface area is 298 Å². The van der Waals surface area contributed by atoms with E-state index in [0.29, 0.717) is 49.8 Å². The number of benzene rings is 5. The molecule has 0 aromatic heterocycles. The van der Waals surface area contributed by atoms with Crippen molar-refractivity contribution in [1.82, 2.24) is 14.5 Å². The smallest absolute Gasteiger partial charge is 0.261 e. The second kappa shape index (κ2) is 16.6. The zero-order valence-electron chi connectivity index (χ0n) is 27.4. The number of piperazine rings is 1. The van der Waals surface area contributed by atoms with Crippen molar-refractivity contribution in [3.05, 3.63) is 156 Å². The number of sulfonamides is 1. The number of carbonyl (C=O) groups is 1. The molecule has 0 bridgehead atoms. The zero-order chi connectivity index (χ0) is 34.8. The van der Waals surface area contributed by atoms with Gasteiger partial charge in [0.2, 0.25) is 10.0 Å². The Morgan fingerprint density at radius 1 is 0.680 bits per heavy atom. The van der Waals surface area contributed by atoms with Gasteiger partial charge >= 0.3 is 0 Å². The number of nitrogens with one attached hydrogen (secondary N) is 2. The molecule has 6 rings (SSSR count). The van der Waals surface area contributed by atoms with Gasteiger partial charge in [-0.2, -0.15) is 4.31 Å². The SMILES string of the molecule is O=C(NC(=S)Nc1ccc(S(=O)(=O)N2CCN(C(c3ccccc3)c3ccccc3)CC2)cc1)c1ccccc1OCCOc1ccccc1. The van der Waals surface area contributed by atoms with Crippen LogP contribution in [-0.4, -0.2) is 68.0 Å². The summed E-state index contributed by atoms with van der Waals surface area (Å²) in [5.74, 6) is 0.691. The fraction of sp³-hybridized carbons (Fsp3) is 0.179. The van der Waals surface area contributed by atoms with Crippen molar-refractivity contribution in [2.75, 3.05) is 44.7 Å². The largest absolute Gasteiger partial charge is 0.490 e. The second-order valence-corrected chi connectivity index (χ2v) is 13.9. The van der Waals surface area contributed by atoms with Gasteiger partial charge < -0.3 is 14.8 Å². The van der Waals surface area contributed by atoms with E-state index in [-0.39, 0.29) is 22.7 Å². The van der Waals surface area contributed by atoms with Crippen molar-refractivity contribution in [3.8, 4) is 11.5 Å².